The van der Waals surface area contributed by atoms with Crippen molar-refractivity contribution in [1.82, 2.24) is 4.90 Å². The first-order valence-corrected chi connectivity index (χ1v) is 10.4. The molecule has 5 rings (SSSR count). The molecule has 0 spiro atoms. The number of aliphatic hydroxyl groups is 1. The van der Waals surface area contributed by atoms with Gasteiger partial charge in [0.1, 0.15) is 16.5 Å². The average Bonchev–Trinajstić information content (AvgIpc) is 3.42. The van der Waals surface area contributed by atoms with Gasteiger partial charge in [-0.2, -0.15) is 0 Å². The van der Waals surface area contributed by atoms with Crippen LogP contribution < -0.4 is 5.73 Å². The molecule has 1 saturated heterocycles. The van der Waals surface area contributed by atoms with E-state index in [0.29, 0.717) is 37.7 Å². The van der Waals surface area contributed by atoms with Crippen molar-refractivity contribution >= 4 is 23.0 Å². The van der Waals surface area contributed by atoms with Crippen LogP contribution in [0.1, 0.15) is 55.2 Å². The number of phenolic OH excluding ortho intramolecular Hbond substituents is 1. The van der Waals surface area contributed by atoms with Crippen molar-refractivity contribution in [2.45, 2.75) is 62.0 Å². The number of carbonyl (C=O) groups is 1. The van der Waals surface area contributed by atoms with Crippen LogP contribution in [0.3, 0.4) is 0 Å². The highest BCUT2D eigenvalue weighted by Gasteiger charge is 2.65. The zero-order valence-corrected chi connectivity index (χ0v) is 16.2. The van der Waals surface area contributed by atoms with E-state index in [-0.39, 0.29) is 22.6 Å². The average molecular weight is 387 g/mol. The van der Waals surface area contributed by atoms with Gasteiger partial charge in [-0.15, -0.1) is 0 Å². The van der Waals surface area contributed by atoms with Crippen molar-refractivity contribution < 1.29 is 15.0 Å². The highest BCUT2D eigenvalue weighted by atomic mass is 32.1. The van der Waals surface area contributed by atoms with Crippen LogP contribution in [0.25, 0.3) is 0 Å². The standard InChI is InChI=1S/C21H26N2O3S/c22-19(27)15-4-3-13-9-16-21(26)6-5-14(24)10-20(21,17(13)18(15)25)7-8-23(16)11-12-1-2-12/h3-4,12,16,25-26H,1-2,5-11H2,(H2,22,27)/t16-,20?,21-/m1/s1. The van der Waals surface area contributed by atoms with E-state index in [2.05, 4.69) is 4.90 Å². The molecule has 27 heavy (non-hydrogen) atoms. The summed E-state index contributed by atoms with van der Waals surface area (Å²) >= 11 is 5.12. The fraction of sp³-hybridized carbons (Fsp3) is 0.619. The number of nitrogens with zero attached hydrogens (tertiary/aromatic N) is 1. The Morgan fingerprint density at radius 2 is 2.11 bits per heavy atom. The predicted octanol–water partition coefficient (Wildman–Crippen LogP) is 1.79. The third kappa shape index (κ3) is 2.36. The first kappa shape index (κ1) is 17.6. The van der Waals surface area contributed by atoms with Crippen LogP contribution in [0.4, 0.5) is 0 Å². The first-order valence-electron chi connectivity index (χ1n) is 9.99. The van der Waals surface area contributed by atoms with E-state index >= 15 is 0 Å². The molecular weight excluding hydrogens is 360 g/mol. The molecule has 0 aromatic heterocycles. The van der Waals surface area contributed by atoms with Gasteiger partial charge in [-0.1, -0.05) is 18.3 Å². The first-order chi connectivity index (χ1) is 12.9. The molecule has 3 aliphatic carbocycles. The predicted molar refractivity (Wildman–Crippen MR) is 106 cm³/mol. The van der Waals surface area contributed by atoms with E-state index in [4.69, 9.17) is 18.0 Å². The van der Waals surface area contributed by atoms with E-state index in [1.807, 2.05) is 6.07 Å². The van der Waals surface area contributed by atoms with E-state index in [1.165, 1.54) is 12.8 Å². The second kappa shape index (κ2) is 5.75. The Kier molecular flexibility index (Phi) is 3.75. The Bertz CT molecular complexity index is 852. The number of likely N-dealkylation sites (tertiary alicyclic amines) is 1. The number of phenols is 1. The second-order valence-electron chi connectivity index (χ2n) is 8.99. The summed E-state index contributed by atoms with van der Waals surface area (Å²) < 4.78 is 0. The van der Waals surface area contributed by atoms with Gasteiger partial charge in [0.25, 0.3) is 0 Å². The summed E-state index contributed by atoms with van der Waals surface area (Å²) in [4.78, 5) is 15.1. The van der Waals surface area contributed by atoms with Crippen LogP contribution in [-0.2, 0) is 16.6 Å². The van der Waals surface area contributed by atoms with Crippen molar-refractivity contribution in [3.05, 3.63) is 28.8 Å². The maximum atomic E-state index is 12.5. The van der Waals surface area contributed by atoms with Gasteiger partial charge in [0, 0.05) is 36.4 Å². The molecule has 1 aromatic carbocycles. The molecular formula is C21H26N2O3S. The molecule has 4 aliphatic rings. The van der Waals surface area contributed by atoms with Crippen LogP contribution in [0.5, 0.6) is 5.75 Å². The van der Waals surface area contributed by atoms with Gasteiger partial charge in [0.15, 0.2) is 0 Å². The number of carbonyl (C=O) groups excluding carboxylic acids is 1. The lowest BCUT2D eigenvalue weighted by Gasteiger charge is -2.63. The number of ketones is 1. The third-order valence-corrected chi connectivity index (χ3v) is 7.76. The Hall–Kier alpha value is -1.50. The highest BCUT2D eigenvalue weighted by molar-refractivity contribution is 7.80. The molecule has 0 amide bonds. The molecule has 1 aliphatic heterocycles. The molecule has 1 aromatic rings. The lowest BCUT2D eigenvalue weighted by Crippen LogP contribution is -2.73. The molecule has 4 N–H and O–H groups in total. The normalized spacial score (nSPS) is 35.4. The summed E-state index contributed by atoms with van der Waals surface area (Å²) in [7, 11) is 0. The van der Waals surface area contributed by atoms with Gasteiger partial charge in [0.2, 0.25) is 0 Å². The molecule has 3 fully saturated rings. The number of aromatic hydroxyl groups is 1. The van der Waals surface area contributed by atoms with Crippen LogP contribution >= 0.6 is 12.2 Å². The fourth-order valence-corrected chi connectivity index (χ4v) is 6.22. The van der Waals surface area contributed by atoms with Gasteiger partial charge < -0.3 is 15.9 Å². The summed E-state index contributed by atoms with van der Waals surface area (Å²) in [6, 6.07) is 3.77. The maximum Gasteiger partial charge on any atom is 0.134 e. The minimum absolute atomic E-state index is 0.00234. The van der Waals surface area contributed by atoms with E-state index < -0.39 is 11.0 Å². The largest absolute Gasteiger partial charge is 0.507 e. The van der Waals surface area contributed by atoms with Gasteiger partial charge in [-0.25, -0.2) is 0 Å². The Balaban J connectivity index is 1.70. The maximum absolute atomic E-state index is 12.5. The molecule has 3 atom stereocenters. The molecule has 5 nitrogen and oxygen atoms in total. The summed E-state index contributed by atoms with van der Waals surface area (Å²) in [5.41, 5.74) is 6.29. The summed E-state index contributed by atoms with van der Waals surface area (Å²) in [6.45, 7) is 1.89. The SMILES string of the molecule is NC(=S)c1ccc2c(c1O)C13CCN(CC4CC4)[C@H](C2)[C@]1(O)CCC(=O)C3. The van der Waals surface area contributed by atoms with Crippen molar-refractivity contribution in [3.63, 3.8) is 0 Å². The number of hydrogen-bond donors (Lipinski definition) is 3. The van der Waals surface area contributed by atoms with E-state index in [0.717, 1.165) is 30.1 Å². The highest BCUT2D eigenvalue weighted by Crippen LogP contribution is 2.60. The van der Waals surface area contributed by atoms with Gasteiger partial charge in [-0.05, 0) is 56.2 Å². The van der Waals surface area contributed by atoms with Crippen molar-refractivity contribution in [2.75, 3.05) is 13.1 Å². The topological polar surface area (TPSA) is 86.8 Å². The molecule has 2 bridgehead atoms. The van der Waals surface area contributed by atoms with Gasteiger partial charge in [-0.3, -0.25) is 9.69 Å². The van der Waals surface area contributed by atoms with Gasteiger partial charge in [0.05, 0.1) is 11.2 Å². The third-order valence-electron chi connectivity index (χ3n) is 7.54. The molecule has 6 heteroatoms. The van der Waals surface area contributed by atoms with Crippen LogP contribution in [0, 0.1) is 5.92 Å². The van der Waals surface area contributed by atoms with E-state index in [9.17, 15) is 15.0 Å². The number of Topliss-reactive ketones (excluding diaryl/α,β-unsaturated/α-hetero) is 1. The monoisotopic (exact) mass is 386 g/mol. The number of piperidine rings is 1. The van der Waals surface area contributed by atoms with Crippen LogP contribution in [0.2, 0.25) is 0 Å². The van der Waals surface area contributed by atoms with Gasteiger partial charge >= 0.3 is 0 Å². The molecule has 1 unspecified atom stereocenters. The quantitative estimate of drug-likeness (QED) is 0.687. The number of thiocarbonyl (C=S) groups is 1. The summed E-state index contributed by atoms with van der Waals surface area (Å²) in [5.74, 6) is 0.988. The smallest absolute Gasteiger partial charge is 0.134 e. The lowest BCUT2D eigenvalue weighted by molar-refractivity contribution is -0.173. The molecule has 2 saturated carbocycles. The number of rotatable bonds is 3. The zero-order chi connectivity index (χ0) is 19.0. The minimum atomic E-state index is -0.993. The van der Waals surface area contributed by atoms with E-state index in [1.54, 1.807) is 6.07 Å². The zero-order valence-electron chi connectivity index (χ0n) is 15.4. The van der Waals surface area contributed by atoms with Crippen LogP contribution in [0.15, 0.2) is 12.1 Å². The van der Waals surface area contributed by atoms with Crippen molar-refractivity contribution in [3.8, 4) is 5.75 Å². The number of fused-ring (bicyclic) bond motifs is 1. The fourth-order valence-electron chi connectivity index (χ4n) is 6.05. The number of hydrogen-bond acceptors (Lipinski definition) is 5. The van der Waals surface area contributed by atoms with Crippen LogP contribution in [-0.4, -0.2) is 50.6 Å². The van der Waals surface area contributed by atoms with Crippen molar-refractivity contribution in [1.29, 1.82) is 0 Å². The Labute approximate surface area is 164 Å². The Morgan fingerprint density at radius 1 is 1.33 bits per heavy atom. The number of nitrogens with two attached hydrogens (primary N) is 1. The number of benzene rings is 1. The van der Waals surface area contributed by atoms with Crippen molar-refractivity contribution in [2.24, 2.45) is 11.7 Å². The Morgan fingerprint density at radius 3 is 2.81 bits per heavy atom. The summed E-state index contributed by atoms with van der Waals surface area (Å²) in [6.07, 6.45) is 5.10. The summed E-state index contributed by atoms with van der Waals surface area (Å²) in [5, 5.41) is 23.1. The minimum Gasteiger partial charge on any atom is -0.507 e. The molecule has 1 heterocycles. The second-order valence-corrected chi connectivity index (χ2v) is 9.43. The molecule has 0 radical (unpaired) electrons. The lowest BCUT2D eigenvalue weighted by atomic mass is 9.49. The molecule has 144 valence electrons.